The van der Waals surface area contributed by atoms with E-state index in [4.69, 9.17) is 4.74 Å². The molecule has 1 aromatic rings. The maximum Gasteiger partial charge on any atom is 0.224 e. The number of Topliss-reactive ketones (excluding diaryl/α,β-unsaturated/α-hetero) is 7. The number of hydrogen-bond donors (Lipinski definition) is 3. The molecule has 20 heteroatoms. The molecule has 3 N–H and O–H groups in total. The normalized spacial score (nSPS) is 12.7. The molecular weight excluding hydrogens is 1660 g/mol. The molecule has 1 rings (SSSR count). The molecule has 740 valence electrons. The highest BCUT2D eigenvalue weighted by atomic mass is 32.1. The molecule has 0 fully saturated rings. The molecule has 6 atom stereocenters. The summed E-state index contributed by atoms with van der Waals surface area (Å²) in [4.78, 5) is 120. The molecule has 0 unspecified atom stereocenters. The fraction of sp³-hybridized carbons (Fsp3) is 0.846. The largest absolute Gasteiger partial charge is 0.381 e. The van der Waals surface area contributed by atoms with E-state index in [0.717, 1.165) is 133 Å². The minimum absolute atomic E-state index is 0. The summed E-state index contributed by atoms with van der Waals surface area (Å²) in [7, 11) is 0. The van der Waals surface area contributed by atoms with Crippen molar-refractivity contribution in [1.82, 2.24) is 10.6 Å². The number of unbranched alkanes of at least 4 members (excludes halogenated alkanes) is 2. The molecule has 0 heterocycles. The highest BCUT2D eigenvalue weighted by Gasteiger charge is 2.29. The molecule has 0 aliphatic heterocycles. The van der Waals surface area contributed by atoms with Crippen molar-refractivity contribution < 1.29 is 52.7 Å². The van der Waals surface area contributed by atoms with Gasteiger partial charge in [-0.3, -0.25) is 47.9 Å². The zero-order valence-corrected chi connectivity index (χ0v) is 93.2. The van der Waals surface area contributed by atoms with E-state index >= 15 is 0 Å². The van der Waals surface area contributed by atoms with E-state index < -0.39 is 0 Å². The number of nitrogens with one attached hydrogen (secondary N) is 3. The molecule has 0 bridgehead atoms. The molecule has 3 amide bonds. The Kier molecular flexibility index (Phi) is 97.2. The van der Waals surface area contributed by atoms with Gasteiger partial charge in [-0.05, 0) is 178 Å². The van der Waals surface area contributed by atoms with Crippen molar-refractivity contribution in [3.8, 4) is 0 Å². The predicted molar refractivity (Wildman–Crippen MR) is 567 cm³/mol. The predicted octanol–water partition coefficient (Wildman–Crippen LogP) is 27.5. The Morgan fingerprint density at radius 2 is 0.597 bits per heavy atom. The molecule has 1 aromatic carbocycles. The monoisotopic (exact) mass is 1870 g/mol. The van der Waals surface area contributed by atoms with Crippen molar-refractivity contribution in [2.75, 3.05) is 31.6 Å². The van der Waals surface area contributed by atoms with Crippen LogP contribution >= 0.6 is 81.0 Å². The molecule has 0 saturated heterocycles. The van der Waals surface area contributed by atoms with Crippen LogP contribution in [0.25, 0.3) is 0 Å². The number of carbonyl (C=O) groups is 10. The standard InChI is InChI=1S/C22H35NO2.C20H38O2.C16H31NO2.C16H32O2.C15H29NO2.C15H30O.6H2S/c1-15(2)7-12-21(24)23-20-10-8-18(9-11-20)14-19(13-16(3)4)22(25)17(5)6;1-15(2)12-13-19(21)11-9-7-8-10-18(14-16(3)4)20(22)17(5)6;1-11(2)9-14(16(19)13(5)6)7-8-15(18)17-10-12(3)4;1-12(2)10-14(15(17)13(3)4)8-9-18-11-16(5,6)7;1-10(2)7-13(15(18)12(5)6)8-14(17)16-9-11(3)4;1-11(2)8-7-9-14(10-12(3)4)15(16)13(5)6;;;;;;/h8-11,15-17,19H,7,12-14H2,1-6H3,(H,23,24);15-18H,7-14H2,1-6H3;11-14H,7-10H2,1-6H3,(H,17,18);12-14H,8-11H2,1-7H3;10-13H,7-9H2,1-6H3,(H,16,17);11-14H,7-10H2,1-6H3;6*1H2/t19-;18-;2*14-;13-;14-;;;;;;/m011101....../s1. The fourth-order valence-corrected chi connectivity index (χ4v) is 14.2. The van der Waals surface area contributed by atoms with E-state index in [1.807, 2.05) is 107 Å². The van der Waals surface area contributed by atoms with Gasteiger partial charge >= 0.3 is 0 Å². The minimum atomic E-state index is -0.128. The Morgan fingerprint density at radius 1 is 0.290 bits per heavy atom. The number of ether oxygens (including phenoxy) is 1. The summed E-state index contributed by atoms with van der Waals surface area (Å²) >= 11 is 0. The van der Waals surface area contributed by atoms with Crippen molar-refractivity contribution in [3.63, 3.8) is 0 Å². The van der Waals surface area contributed by atoms with Crippen molar-refractivity contribution in [2.45, 2.75) is 404 Å². The fourth-order valence-electron chi connectivity index (χ4n) is 14.2. The van der Waals surface area contributed by atoms with Gasteiger partial charge in [0.1, 0.15) is 40.5 Å². The molecule has 0 aliphatic carbocycles. The first-order valence-electron chi connectivity index (χ1n) is 47.6. The number of rotatable bonds is 56. The average Bonchev–Trinajstić information content (AvgIpc) is 0.870. The van der Waals surface area contributed by atoms with Crippen molar-refractivity contribution in [1.29, 1.82) is 0 Å². The van der Waals surface area contributed by atoms with Gasteiger partial charge in [-0.15, -0.1) is 0 Å². The van der Waals surface area contributed by atoms with Gasteiger partial charge in [0.15, 0.2) is 0 Å². The summed E-state index contributed by atoms with van der Waals surface area (Å²) in [6, 6.07) is 7.93. The van der Waals surface area contributed by atoms with Crippen molar-refractivity contribution >= 4 is 145 Å². The summed E-state index contributed by atoms with van der Waals surface area (Å²) in [5.41, 5.74) is 2.18. The van der Waals surface area contributed by atoms with E-state index in [2.05, 4.69) is 189 Å². The summed E-state index contributed by atoms with van der Waals surface area (Å²) in [6.45, 7) is 80.3. The van der Waals surface area contributed by atoms with Crippen molar-refractivity contribution in [2.24, 2.45) is 142 Å². The third-order valence-electron chi connectivity index (χ3n) is 20.6. The third-order valence-corrected chi connectivity index (χ3v) is 20.6. The highest BCUT2D eigenvalue weighted by Crippen LogP contribution is 2.29. The van der Waals surface area contributed by atoms with Gasteiger partial charge in [0, 0.05) is 129 Å². The summed E-state index contributed by atoms with van der Waals surface area (Å²) < 4.78 is 5.69. The molecule has 0 spiro atoms. The summed E-state index contributed by atoms with van der Waals surface area (Å²) in [5, 5.41) is 8.74. The Balaban J connectivity index is -0.000000137. The van der Waals surface area contributed by atoms with Crippen LogP contribution < -0.4 is 16.0 Å². The van der Waals surface area contributed by atoms with E-state index in [1.54, 1.807) is 0 Å². The Bertz CT molecular complexity index is 2830. The van der Waals surface area contributed by atoms with Gasteiger partial charge in [-0.25, -0.2) is 0 Å². The number of anilines is 1. The van der Waals surface area contributed by atoms with Crippen LogP contribution in [-0.2, 0) is 59.1 Å². The van der Waals surface area contributed by atoms with Crippen LogP contribution in [0.2, 0.25) is 0 Å². The lowest BCUT2D eigenvalue weighted by molar-refractivity contribution is -0.131. The Morgan fingerprint density at radius 3 is 0.944 bits per heavy atom. The second-order valence-electron chi connectivity index (χ2n) is 42.6. The molecule has 14 nitrogen and oxygen atoms in total. The summed E-state index contributed by atoms with van der Waals surface area (Å²) in [6.07, 6.45) is 20.4. The van der Waals surface area contributed by atoms with Crippen LogP contribution in [0, 0.1) is 142 Å². The lowest BCUT2D eigenvalue weighted by Gasteiger charge is -2.22. The minimum Gasteiger partial charge on any atom is -0.381 e. The first kappa shape index (κ1) is 144. The molecular formula is C104H207N3O11S6. The molecule has 124 heavy (non-hydrogen) atoms. The smallest absolute Gasteiger partial charge is 0.224 e. The lowest BCUT2D eigenvalue weighted by atomic mass is 9.84. The number of amides is 3. The summed E-state index contributed by atoms with van der Waals surface area (Å²) in [5.74, 6) is 9.99. The quantitative estimate of drug-likeness (QED) is 0.0521. The van der Waals surface area contributed by atoms with Gasteiger partial charge in [0.05, 0.1) is 6.61 Å². The SMILES string of the molecule is CC(C)CCC(=O)CCCCC[C@H](CC(C)C)C(=O)C(C)C.CC(C)CCC(=O)Nc1ccc(C[C@H](CC(C)C)C(=O)C(C)C)cc1.CC(C)CCC[C@H](CC(C)C)C(=O)C(C)C.CC(C)CNC(=O)CC[C@H](CC(C)C)C(=O)C(C)C.CC(C)CNC(=O)C[C@H](CC(C)C)C(=O)C(C)C.CC(C)C[C@@H](CCOCC(C)(C)C)C(=O)C(C)C.S.S.S.S.S.S. The van der Waals surface area contributed by atoms with Gasteiger partial charge in [-0.1, -0.05) is 294 Å². The van der Waals surface area contributed by atoms with Crippen LogP contribution in [0.5, 0.6) is 0 Å². The van der Waals surface area contributed by atoms with Crippen molar-refractivity contribution in [3.05, 3.63) is 29.8 Å². The molecule has 0 aromatic heterocycles. The Hall–Kier alpha value is -2.62. The van der Waals surface area contributed by atoms with Gasteiger partial charge < -0.3 is 20.7 Å². The van der Waals surface area contributed by atoms with Gasteiger partial charge in [-0.2, -0.15) is 81.0 Å². The van der Waals surface area contributed by atoms with Gasteiger partial charge in [0.2, 0.25) is 17.7 Å². The zero-order valence-electron chi connectivity index (χ0n) is 87.2. The van der Waals surface area contributed by atoms with E-state index in [9.17, 15) is 47.9 Å². The third kappa shape index (κ3) is 87.4. The van der Waals surface area contributed by atoms with E-state index in [-0.39, 0.29) is 175 Å². The number of benzene rings is 1. The van der Waals surface area contributed by atoms with Gasteiger partial charge in [0.25, 0.3) is 0 Å². The molecule has 0 saturated carbocycles. The molecule has 0 radical (unpaired) electrons. The van der Waals surface area contributed by atoms with Crippen LogP contribution in [0.1, 0.15) is 403 Å². The highest BCUT2D eigenvalue weighted by molar-refractivity contribution is 7.60. The Labute approximate surface area is 809 Å². The number of ketones is 7. The second-order valence-corrected chi connectivity index (χ2v) is 42.6. The zero-order chi connectivity index (χ0) is 92.5. The lowest BCUT2D eigenvalue weighted by Crippen LogP contribution is -2.32. The van der Waals surface area contributed by atoms with Crippen LogP contribution in [-0.4, -0.2) is 84.5 Å². The maximum atomic E-state index is 12.5. The van der Waals surface area contributed by atoms with Crippen LogP contribution in [0.3, 0.4) is 0 Å². The average molecular weight is 1870 g/mol. The first-order chi connectivity index (χ1) is 54.4. The topological polar surface area (TPSA) is 216 Å². The second kappa shape index (κ2) is 83.5. The van der Waals surface area contributed by atoms with Crippen LogP contribution in [0.4, 0.5) is 5.69 Å². The van der Waals surface area contributed by atoms with E-state index in [0.29, 0.717) is 145 Å². The molecule has 0 aliphatic rings. The maximum absolute atomic E-state index is 12.5. The number of hydrogen-bond acceptors (Lipinski definition) is 11. The van der Waals surface area contributed by atoms with E-state index in [1.165, 1.54) is 12.8 Å². The first-order valence-corrected chi connectivity index (χ1v) is 47.6. The van der Waals surface area contributed by atoms with Crippen LogP contribution in [0.15, 0.2) is 24.3 Å². The number of carbonyl (C=O) groups excluding carboxylic acids is 10.